The van der Waals surface area contributed by atoms with Crippen molar-refractivity contribution in [2.75, 3.05) is 6.26 Å². The van der Waals surface area contributed by atoms with Crippen molar-refractivity contribution in [2.24, 2.45) is 0 Å². The Balaban J connectivity index is 2.30. The average molecular weight is 301 g/mol. The van der Waals surface area contributed by atoms with Crippen LogP contribution in [0.2, 0.25) is 5.02 Å². The summed E-state index contributed by atoms with van der Waals surface area (Å²) in [5.74, 6) is 0.282. The molecule has 0 unspecified atom stereocenters. The van der Waals surface area contributed by atoms with Crippen molar-refractivity contribution in [3.8, 4) is 11.6 Å². The second-order valence-corrected chi connectivity index (χ2v) is 6.09. The molecule has 1 heterocycles. The lowest BCUT2D eigenvalue weighted by Gasteiger charge is -2.06. The number of benzene rings is 1. The van der Waals surface area contributed by atoms with Crippen LogP contribution in [0.15, 0.2) is 40.3 Å². The molecule has 0 radical (unpaired) electrons. The second kappa shape index (κ2) is 5.02. The molecular weight excluding hydrogens is 292 g/mol. The molecule has 100 valence electrons. The third-order valence-electron chi connectivity index (χ3n) is 2.23. The van der Waals surface area contributed by atoms with Crippen molar-refractivity contribution >= 4 is 21.4 Å². The first-order chi connectivity index (χ1) is 8.88. The van der Waals surface area contributed by atoms with Crippen molar-refractivity contribution in [1.29, 1.82) is 0 Å². The second-order valence-electron chi connectivity index (χ2n) is 3.70. The molecule has 1 aromatic heterocycles. The maximum absolute atomic E-state index is 11.3. The van der Waals surface area contributed by atoms with Gasteiger partial charge in [-0.3, -0.25) is 4.79 Å². The van der Waals surface area contributed by atoms with E-state index in [1.54, 1.807) is 0 Å². The van der Waals surface area contributed by atoms with Gasteiger partial charge in [-0.25, -0.2) is 13.4 Å². The summed E-state index contributed by atoms with van der Waals surface area (Å²) < 4.78 is 27.9. The number of aromatic nitrogens is 2. The highest BCUT2D eigenvalue weighted by Gasteiger charge is 2.10. The number of aromatic amines is 1. The maximum atomic E-state index is 11.3. The molecule has 0 amide bonds. The van der Waals surface area contributed by atoms with Gasteiger partial charge in [0.15, 0.2) is 14.9 Å². The van der Waals surface area contributed by atoms with Gasteiger partial charge in [0, 0.05) is 6.26 Å². The molecule has 0 saturated heterocycles. The van der Waals surface area contributed by atoms with Crippen molar-refractivity contribution < 1.29 is 13.2 Å². The minimum Gasteiger partial charge on any atom is -0.437 e. The van der Waals surface area contributed by atoms with Gasteiger partial charge in [-0.1, -0.05) is 11.6 Å². The summed E-state index contributed by atoms with van der Waals surface area (Å²) >= 11 is 5.72. The Morgan fingerprint density at radius 3 is 2.47 bits per heavy atom. The molecule has 0 bridgehead atoms. The van der Waals surface area contributed by atoms with E-state index in [1.165, 1.54) is 24.3 Å². The Hall–Kier alpha value is -1.86. The van der Waals surface area contributed by atoms with Crippen LogP contribution in [0.5, 0.6) is 11.6 Å². The van der Waals surface area contributed by atoms with Crippen LogP contribution in [0, 0.1) is 0 Å². The zero-order chi connectivity index (χ0) is 14.0. The SMILES string of the molecule is CS(=O)(=O)c1ccc(Oc2nc[nH]c(=O)c2Cl)cc1. The molecule has 2 aromatic rings. The first kappa shape index (κ1) is 13.6. The van der Waals surface area contributed by atoms with E-state index in [-0.39, 0.29) is 15.8 Å². The summed E-state index contributed by atoms with van der Waals surface area (Å²) in [4.78, 5) is 17.5. The van der Waals surface area contributed by atoms with Crippen molar-refractivity contribution in [3.63, 3.8) is 0 Å². The van der Waals surface area contributed by atoms with E-state index in [2.05, 4.69) is 9.97 Å². The molecule has 0 spiro atoms. The monoisotopic (exact) mass is 300 g/mol. The maximum Gasteiger partial charge on any atom is 0.273 e. The number of nitrogens with zero attached hydrogens (tertiary/aromatic N) is 1. The molecule has 1 N–H and O–H groups in total. The number of hydrogen-bond acceptors (Lipinski definition) is 5. The fourth-order valence-corrected chi connectivity index (χ4v) is 2.08. The van der Waals surface area contributed by atoms with Crippen LogP contribution in [-0.2, 0) is 9.84 Å². The fraction of sp³-hybridized carbons (Fsp3) is 0.0909. The van der Waals surface area contributed by atoms with Gasteiger partial charge in [-0.15, -0.1) is 0 Å². The van der Waals surface area contributed by atoms with Gasteiger partial charge in [-0.2, -0.15) is 0 Å². The molecule has 6 nitrogen and oxygen atoms in total. The number of halogens is 1. The van der Waals surface area contributed by atoms with Gasteiger partial charge in [0.05, 0.1) is 11.2 Å². The van der Waals surface area contributed by atoms with E-state index < -0.39 is 15.4 Å². The molecule has 2 rings (SSSR count). The molecule has 0 saturated carbocycles. The number of nitrogens with one attached hydrogen (secondary N) is 1. The number of ether oxygens (including phenoxy) is 1. The lowest BCUT2D eigenvalue weighted by molar-refractivity contribution is 0.460. The van der Waals surface area contributed by atoms with Gasteiger partial charge in [-0.05, 0) is 24.3 Å². The minimum absolute atomic E-state index is 0.0440. The Kier molecular flexibility index (Phi) is 3.59. The summed E-state index contributed by atoms with van der Waals surface area (Å²) in [6.07, 6.45) is 2.27. The van der Waals surface area contributed by atoms with Gasteiger partial charge in [0.25, 0.3) is 5.56 Å². The Labute approximate surface area is 113 Å². The Morgan fingerprint density at radius 2 is 1.89 bits per heavy atom. The summed E-state index contributed by atoms with van der Waals surface area (Å²) in [5.41, 5.74) is -0.514. The molecule has 8 heteroatoms. The van der Waals surface area contributed by atoms with Crippen LogP contribution >= 0.6 is 11.6 Å². The van der Waals surface area contributed by atoms with Crippen LogP contribution in [-0.4, -0.2) is 24.6 Å². The summed E-state index contributed by atoms with van der Waals surface area (Å²) in [6.45, 7) is 0. The van der Waals surface area contributed by atoms with Crippen LogP contribution in [0.25, 0.3) is 0 Å². The third kappa shape index (κ3) is 3.12. The molecule has 0 aliphatic heterocycles. The van der Waals surface area contributed by atoms with Crippen LogP contribution in [0.4, 0.5) is 0 Å². The normalized spacial score (nSPS) is 11.3. The smallest absolute Gasteiger partial charge is 0.273 e. The molecule has 19 heavy (non-hydrogen) atoms. The van der Waals surface area contributed by atoms with Crippen LogP contribution in [0.3, 0.4) is 0 Å². The highest BCUT2D eigenvalue weighted by Crippen LogP contribution is 2.24. The Morgan fingerprint density at radius 1 is 1.26 bits per heavy atom. The first-order valence-corrected chi connectivity index (χ1v) is 7.36. The van der Waals surface area contributed by atoms with Crippen molar-refractivity contribution in [3.05, 3.63) is 46.0 Å². The van der Waals surface area contributed by atoms with E-state index in [0.29, 0.717) is 5.75 Å². The Bertz CT molecular complexity index is 753. The standard InChI is InChI=1S/C11H9ClN2O4S/c1-19(16,17)8-4-2-7(3-5-8)18-11-9(12)10(15)13-6-14-11/h2-6H,1H3,(H,13,14,15). The first-order valence-electron chi connectivity index (χ1n) is 5.09. The van der Waals surface area contributed by atoms with E-state index in [4.69, 9.17) is 16.3 Å². The topological polar surface area (TPSA) is 89.1 Å². The van der Waals surface area contributed by atoms with Crippen molar-refractivity contribution in [1.82, 2.24) is 9.97 Å². The zero-order valence-corrected chi connectivity index (χ0v) is 11.3. The molecule has 0 aliphatic rings. The number of hydrogen-bond donors (Lipinski definition) is 1. The molecule has 0 fully saturated rings. The van der Waals surface area contributed by atoms with Crippen molar-refractivity contribution in [2.45, 2.75) is 4.90 Å². The van der Waals surface area contributed by atoms with E-state index in [1.807, 2.05) is 0 Å². The molecule has 1 aromatic carbocycles. The minimum atomic E-state index is -3.26. The summed E-state index contributed by atoms with van der Waals surface area (Å²) in [6, 6.07) is 5.70. The van der Waals surface area contributed by atoms with E-state index in [9.17, 15) is 13.2 Å². The highest BCUT2D eigenvalue weighted by atomic mass is 35.5. The van der Waals surface area contributed by atoms with Gasteiger partial charge in [0.1, 0.15) is 5.75 Å². The van der Waals surface area contributed by atoms with Gasteiger partial charge >= 0.3 is 0 Å². The fourth-order valence-electron chi connectivity index (χ4n) is 1.30. The average Bonchev–Trinajstić information content (AvgIpc) is 2.35. The largest absolute Gasteiger partial charge is 0.437 e. The summed E-state index contributed by atoms with van der Waals surface area (Å²) in [7, 11) is -3.26. The lowest BCUT2D eigenvalue weighted by atomic mass is 10.3. The number of H-pyrrole nitrogens is 1. The predicted molar refractivity (Wildman–Crippen MR) is 69.5 cm³/mol. The molecule has 0 aliphatic carbocycles. The quantitative estimate of drug-likeness (QED) is 0.930. The number of sulfone groups is 1. The molecular formula is C11H9ClN2O4S. The molecule has 0 atom stereocenters. The number of rotatable bonds is 3. The summed E-state index contributed by atoms with van der Waals surface area (Å²) in [5, 5.41) is -0.172. The third-order valence-corrected chi connectivity index (χ3v) is 3.69. The van der Waals surface area contributed by atoms with Gasteiger partial charge < -0.3 is 9.72 Å². The zero-order valence-electron chi connectivity index (χ0n) is 9.75. The predicted octanol–water partition coefficient (Wildman–Crippen LogP) is 1.62. The highest BCUT2D eigenvalue weighted by molar-refractivity contribution is 7.90. The van der Waals surface area contributed by atoms with E-state index in [0.717, 1.165) is 12.6 Å². The lowest BCUT2D eigenvalue weighted by Crippen LogP contribution is -2.07. The van der Waals surface area contributed by atoms with Crippen LogP contribution in [0.1, 0.15) is 0 Å². The van der Waals surface area contributed by atoms with E-state index >= 15 is 0 Å². The van der Waals surface area contributed by atoms with Gasteiger partial charge in [0.2, 0.25) is 5.88 Å². The van der Waals surface area contributed by atoms with Crippen LogP contribution < -0.4 is 10.3 Å².